The van der Waals surface area contributed by atoms with Crippen LogP contribution in [-0.2, 0) is 4.79 Å². The van der Waals surface area contributed by atoms with Crippen molar-refractivity contribution in [3.8, 4) is 17.2 Å². The molecule has 0 saturated carbocycles. The number of thiocarbonyl (C=S) groups is 1. The molecule has 0 aliphatic carbocycles. The van der Waals surface area contributed by atoms with Crippen LogP contribution in [0.3, 0.4) is 0 Å². The molecule has 4 rings (SSSR count). The highest BCUT2D eigenvalue weighted by Crippen LogP contribution is 2.32. The molecule has 29 heavy (non-hydrogen) atoms. The average Bonchev–Trinajstić information content (AvgIpc) is 2.76. The fourth-order valence-corrected chi connectivity index (χ4v) is 3.08. The van der Waals surface area contributed by atoms with E-state index < -0.39 is 0 Å². The van der Waals surface area contributed by atoms with Crippen LogP contribution in [0.25, 0.3) is 10.8 Å². The Labute approximate surface area is 172 Å². The Balaban J connectivity index is 1.26. The van der Waals surface area contributed by atoms with Crippen molar-refractivity contribution < 1.29 is 19.0 Å². The second kappa shape index (κ2) is 8.66. The van der Waals surface area contributed by atoms with Gasteiger partial charge in [-0.05, 0) is 35.8 Å². The standard InChI is InChI=1S/C21H19N3O4S/c25-20(13-28-17-7-3-5-14-4-1-2-6-16(14)17)23-24-21(29)22-15-8-9-18-19(12-15)27-11-10-26-18/h1-9,12H,10-11,13H2,(H,23,25)(H2,22,24,29). The minimum atomic E-state index is -0.357. The van der Waals surface area contributed by atoms with E-state index in [1.807, 2.05) is 48.5 Å². The van der Waals surface area contributed by atoms with E-state index >= 15 is 0 Å². The first-order valence-corrected chi connectivity index (χ1v) is 9.46. The molecule has 0 unspecified atom stereocenters. The number of benzene rings is 3. The zero-order valence-electron chi connectivity index (χ0n) is 15.4. The lowest BCUT2D eigenvalue weighted by atomic mass is 10.1. The van der Waals surface area contributed by atoms with E-state index in [0.29, 0.717) is 36.1 Å². The molecule has 0 atom stereocenters. The molecule has 0 radical (unpaired) electrons. The average molecular weight is 409 g/mol. The van der Waals surface area contributed by atoms with Crippen LogP contribution in [0.4, 0.5) is 5.69 Å². The number of amides is 1. The van der Waals surface area contributed by atoms with Gasteiger partial charge < -0.3 is 19.5 Å². The quantitative estimate of drug-likeness (QED) is 0.451. The number of hydrogen-bond acceptors (Lipinski definition) is 5. The number of fused-ring (bicyclic) bond motifs is 2. The lowest BCUT2D eigenvalue weighted by molar-refractivity contribution is -0.123. The molecule has 3 aromatic rings. The summed E-state index contributed by atoms with van der Waals surface area (Å²) < 4.78 is 16.7. The van der Waals surface area contributed by atoms with Crippen molar-refractivity contribution in [3.05, 3.63) is 60.7 Å². The maximum Gasteiger partial charge on any atom is 0.276 e. The Hall–Kier alpha value is -3.52. The summed E-state index contributed by atoms with van der Waals surface area (Å²) in [6.45, 7) is 0.895. The predicted octanol–water partition coefficient (Wildman–Crippen LogP) is 3.01. The first kappa shape index (κ1) is 18.8. The third-order valence-electron chi connectivity index (χ3n) is 4.22. The van der Waals surface area contributed by atoms with Crippen LogP contribution < -0.4 is 30.4 Å². The van der Waals surface area contributed by atoms with Crippen LogP contribution in [0.5, 0.6) is 17.2 Å². The maximum atomic E-state index is 12.1. The number of carbonyl (C=O) groups excluding carboxylic acids is 1. The highest BCUT2D eigenvalue weighted by molar-refractivity contribution is 7.80. The largest absolute Gasteiger partial charge is 0.486 e. The Kier molecular flexibility index (Phi) is 5.62. The van der Waals surface area contributed by atoms with Crippen molar-refractivity contribution in [3.63, 3.8) is 0 Å². The SMILES string of the molecule is O=C(COc1cccc2ccccc12)NNC(=S)Nc1ccc2c(c1)OCCO2. The van der Waals surface area contributed by atoms with Crippen LogP contribution in [0.2, 0.25) is 0 Å². The van der Waals surface area contributed by atoms with Gasteiger partial charge in [0.2, 0.25) is 0 Å². The number of hydrazine groups is 1. The topological polar surface area (TPSA) is 80.9 Å². The van der Waals surface area contributed by atoms with Crippen molar-refractivity contribution in [2.45, 2.75) is 0 Å². The Bertz CT molecular complexity index is 1050. The van der Waals surface area contributed by atoms with Gasteiger partial charge in [-0.3, -0.25) is 15.6 Å². The first-order chi connectivity index (χ1) is 14.2. The summed E-state index contributed by atoms with van der Waals surface area (Å²) in [4.78, 5) is 12.1. The van der Waals surface area contributed by atoms with E-state index in [9.17, 15) is 4.79 Å². The number of nitrogens with one attached hydrogen (secondary N) is 3. The summed E-state index contributed by atoms with van der Waals surface area (Å²) in [6, 6.07) is 18.9. The highest BCUT2D eigenvalue weighted by atomic mass is 32.1. The third kappa shape index (κ3) is 4.67. The van der Waals surface area contributed by atoms with Crippen molar-refractivity contribution in [2.24, 2.45) is 0 Å². The minimum Gasteiger partial charge on any atom is -0.486 e. The molecule has 1 aliphatic rings. The normalized spacial score (nSPS) is 12.1. The summed E-state index contributed by atoms with van der Waals surface area (Å²) in [5, 5.41) is 5.21. The summed E-state index contributed by atoms with van der Waals surface area (Å²) >= 11 is 5.20. The summed E-state index contributed by atoms with van der Waals surface area (Å²) in [6.07, 6.45) is 0. The van der Waals surface area contributed by atoms with Gasteiger partial charge in [0, 0.05) is 17.1 Å². The molecule has 1 aliphatic heterocycles. The van der Waals surface area contributed by atoms with Crippen LogP contribution in [-0.4, -0.2) is 30.8 Å². The van der Waals surface area contributed by atoms with Crippen LogP contribution in [0.15, 0.2) is 60.7 Å². The van der Waals surface area contributed by atoms with Gasteiger partial charge >= 0.3 is 0 Å². The fourth-order valence-electron chi connectivity index (χ4n) is 2.91. The van der Waals surface area contributed by atoms with Crippen LogP contribution in [0, 0.1) is 0 Å². The molecule has 0 bridgehead atoms. The zero-order valence-corrected chi connectivity index (χ0v) is 16.3. The Morgan fingerprint density at radius 2 is 1.76 bits per heavy atom. The fraction of sp³-hybridized carbons (Fsp3) is 0.143. The Morgan fingerprint density at radius 1 is 0.966 bits per heavy atom. The number of anilines is 1. The lowest BCUT2D eigenvalue weighted by Crippen LogP contribution is -2.45. The number of ether oxygens (including phenoxy) is 3. The third-order valence-corrected chi connectivity index (χ3v) is 4.43. The van der Waals surface area contributed by atoms with E-state index in [4.69, 9.17) is 26.4 Å². The summed E-state index contributed by atoms with van der Waals surface area (Å²) in [7, 11) is 0. The molecule has 0 spiro atoms. The van der Waals surface area contributed by atoms with Gasteiger partial charge in [-0.15, -0.1) is 0 Å². The van der Waals surface area contributed by atoms with Gasteiger partial charge in [-0.2, -0.15) is 0 Å². The molecule has 3 N–H and O–H groups in total. The van der Waals surface area contributed by atoms with Gasteiger partial charge in [0.15, 0.2) is 23.2 Å². The van der Waals surface area contributed by atoms with Crippen molar-refractivity contribution >= 4 is 39.7 Å². The molecule has 7 nitrogen and oxygen atoms in total. The van der Waals surface area contributed by atoms with E-state index in [1.54, 1.807) is 12.1 Å². The first-order valence-electron chi connectivity index (χ1n) is 9.05. The monoisotopic (exact) mass is 409 g/mol. The zero-order chi connectivity index (χ0) is 20.1. The van der Waals surface area contributed by atoms with Gasteiger partial charge in [0.1, 0.15) is 19.0 Å². The molecule has 0 fully saturated rings. The molecular formula is C21H19N3O4S. The van der Waals surface area contributed by atoms with Crippen molar-refractivity contribution in [1.82, 2.24) is 10.9 Å². The second-order valence-corrected chi connectivity index (χ2v) is 6.66. The highest BCUT2D eigenvalue weighted by Gasteiger charge is 2.12. The number of hydrogen-bond donors (Lipinski definition) is 3. The van der Waals surface area contributed by atoms with E-state index in [0.717, 1.165) is 10.8 Å². The number of carbonyl (C=O) groups is 1. The van der Waals surface area contributed by atoms with Crippen LogP contribution in [0.1, 0.15) is 0 Å². The van der Waals surface area contributed by atoms with Crippen molar-refractivity contribution in [2.75, 3.05) is 25.1 Å². The smallest absolute Gasteiger partial charge is 0.276 e. The van der Waals surface area contributed by atoms with Crippen LogP contribution >= 0.6 is 12.2 Å². The molecule has 0 saturated heterocycles. The molecule has 1 heterocycles. The van der Waals surface area contributed by atoms with E-state index in [1.165, 1.54) is 0 Å². The molecular weight excluding hydrogens is 390 g/mol. The molecule has 0 aromatic heterocycles. The molecule has 8 heteroatoms. The summed E-state index contributed by atoms with van der Waals surface area (Å²) in [5.74, 6) is 1.63. The van der Waals surface area contributed by atoms with Crippen molar-refractivity contribution in [1.29, 1.82) is 0 Å². The van der Waals surface area contributed by atoms with E-state index in [-0.39, 0.29) is 17.6 Å². The number of rotatable bonds is 4. The minimum absolute atomic E-state index is 0.145. The summed E-state index contributed by atoms with van der Waals surface area (Å²) in [5.41, 5.74) is 5.88. The van der Waals surface area contributed by atoms with E-state index in [2.05, 4.69) is 16.2 Å². The molecule has 1 amide bonds. The van der Waals surface area contributed by atoms with Gasteiger partial charge in [0.05, 0.1) is 0 Å². The van der Waals surface area contributed by atoms with Gasteiger partial charge in [-0.25, -0.2) is 0 Å². The predicted molar refractivity (Wildman–Crippen MR) is 114 cm³/mol. The lowest BCUT2D eigenvalue weighted by Gasteiger charge is -2.19. The maximum absolute atomic E-state index is 12.1. The second-order valence-electron chi connectivity index (χ2n) is 6.25. The Morgan fingerprint density at radius 3 is 2.66 bits per heavy atom. The van der Waals surface area contributed by atoms with Gasteiger partial charge in [0.25, 0.3) is 5.91 Å². The van der Waals surface area contributed by atoms with Gasteiger partial charge in [-0.1, -0.05) is 36.4 Å². The molecule has 3 aromatic carbocycles. The molecule has 148 valence electrons.